The molecule has 60 valence electrons. The van der Waals surface area contributed by atoms with Crippen molar-refractivity contribution >= 4 is 17.5 Å². The maximum atomic E-state index is 10.7. The minimum absolute atomic E-state index is 0.0942. The summed E-state index contributed by atoms with van der Waals surface area (Å²) in [5.74, 6) is -0.185. The van der Waals surface area contributed by atoms with E-state index in [1.807, 2.05) is 0 Å². The number of rotatable bonds is 4. The van der Waals surface area contributed by atoms with Gasteiger partial charge in [-0.2, -0.15) is 0 Å². The fourth-order valence-electron chi connectivity index (χ4n) is 0.431. The molecule has 0 bridgehead atoms. The molecule has 0 aliphatic heterocycles. The molecule has 4 heteroatoms. The highest BCUT2D eigenvalue weighted by Gasteiger charge is 2.06. The Morgan fingerprint density at radius 3 is 2.80 bits per heavy atom. The van der Waals surface area contributed by atoms with Crippen molar-refractivity contribution in [2.24, 2.45) is 0 Å². The van der Waals surface area contributed by atoms with Crippen LogP contribution in [-0.2, 0) is 4.79 Å². The number of carbonyl (C=O) groups excluding carboxylic acids is 1. The van der Waals surface area contributed by atoms with Gasteiger partial charge in [-0.15, -0.1) is 11.6 Å². The van der Waals surface area contributed by atoms with E-state index in [0.717, 1.165) is 0 Å². The Kier molecular flexibility index (Phi) is 5.35. The lowest BCUT2D eigenvalue weighted by Gasteiger charge is -2.03. The first kappa shape index (κ1) is 9.72. The lowest BCUT2D eigenvalue weighted by molar-refractivity contribution is -0.120. The van der Waals surface area contributed by atoms with Gasteiger partial charge in [-0.25, -0.2) is 0 Å². The molecule has 3 nitrogen and oxygen atoms in total. The molecule has 2 N–H and O–H groups in total. The summed E-state index contributed by atoms with van der Waals surface area (Å²) in [7, 11) is 0. The normalized spacial score (nSPS) is 12.7. The van der Waals surface area contributed by atoms with Crippen molar-refractivity contribution in [3.8, 4) is 0 Å². The van der Waals surface area contributed by atoms with Crippen molar-refractivity contribution in [3.63, 3.8) is 0 Å². The molecule has 0 heterocycles. The molecule has 0 fully saturated rings. The highest BCUT2D eigenvalue weighted by Crippen LogP contribution is 1.91. The quantitative estimate of drug-likeness (QED) is 0.459. The Balaban J connectivity index is 3.22. The molecule has 10 heavy (non-hydrogen) atoms. The molecule has 0 rings (SSSR count). The number of amides is 1. The third-order valence-electron chi connectivity index (χ3n) is 0.995. The number of aliphatic hydroxyl groups excluding tert-OH is 1. The van der Waals surface area contributed by atoms with Gasteiger partial charge in [0, 0.05) is 13.2 Å². The van der Waals surface area contributed by atoms with E-state index in [-0.39, 0.29) is 12.5 Å². The largest absolute Gasteiger partial charge is 0.396 e. The Morgan fingerprint density at radius 1 is 1.80 bits per heavy atom. The van der Waals surface area contributed by atoms with Crippen LogP contribution in [0, 0.1) is 0 Å². The standard InChI is InChI=1S/C6H12ClNO2/c1-5(7)6(10)8-3-2-4-9/h5,9H,2-4H2,1H3,(H,8,10)/t5-/m0/s1. The van der Waals surface area contributed by atoms with Gasteiger partial charge >= 0.3 is 0 Å². The average Bonchev–Trinajstić information content (AvgIpc) is 1.88. The van der Waals surface area contributed by atoms with Crippen LogP contribution in [0.5, 0.6) is 0 Å². The van der Waals surface area contributed by atoms with Crippen molar-refractivity contribution < 1.29 is 9.90 Å². The molecule has 0 aromatic heterocycles. The number of hydrogen-bond acceptors (Lipinski definition) is 2. The molecule has 0 saturated carbocycles. The molecule has 1 amide bonds. The van der Waals surface area contributed by atoms with Gasteiger partial charge in [-0.3, -0.25) is 4.79 Å². The fraction of sp³-hybridized carbons (Fsp3) is 0.833. The van der Waals surface area contributed by atoms with Gasteiger partial charge in [-0.05, 0) is 13.3 Å². The zero-order valence-corrected chi connectivity index (χ0v) is 6.69. The number of hydrogen-bond donors (Lipinski definition) is 2. The lowest BCUT2D eigenvalue weighted by atomic mass is 10.4. The maximum absolute atomic E-state index is 10.7. The topological polar surface area (TPSA) is 49.3 Å². The van der Waals surface area contributed by atoms with Gasteiger partial charge in [-0.1, -0.05) is 0 Å². The number of alkyl halides is 1. The second-order valence-corrected chi connectivity index (χ2v) is 2.64. The van der Waals surface area contributed by atoms with E-state index in [2.05, 4.69) is 5.32 Å². The second kappa shape index (κ2) is 5.50. The molecular weight excluding hydrogens is 154 g/mol. The van der Waals surface area contributed by atoms with Crippen LogP contribution in [0.2, 0.25) is 0 Å². The first-order valence-electron chi connectivity index (χ1n) is 3.21. The summed E-state index contributed by atoms with van der Waals surface area (Å²) < 4.78 is 0. The van der Waals surface area contributed by atoms with Crippen LogP contribution in [0.1, 0.15) is 13.3 Å². The Bertz CT molecular complexity index is 106. The van der Waals surface area contributed by atoms with Gasteiger partial charge < -0.3 is 10.4 Å². The van der Waals surface area contributed by atoms with Crippen LogP contribution in [-0.4, -0.2) is 29.5 Å². The molecule has 0 radical (unpaired) electrons. The van der Waals surface area contributed by atoms with Crippen LogP contribution < -0.4 is 5.32 Å². The third-order valence-corrected chi connectivity index (χ3v) is 1.19. The minimum Gasteiger partial charge on any atom is -0.396 e. The second-order valence-electron chi connectivity index (χ2n) is 1.98. The number of aliphatic hydroxyl groups is 1. The highest BCUT2D eigenvalue weighted by atomic mass is 35.5. The van der Waals surface area contributed by atoms with E-state index in [1.165, 1.54) is 0 Å². The molecule has 0 aliphatic carbocycles. The summed E-state index contributed by atoms with van der Waals surface area (Å²) in [6.45, 7) is 2.19. The highest BCUT2D eigenvalue weighted by molar-refractivity contribution is 6.30. The molecule has 0 spiro atoms. The first-order chi connectivity index (χ1) is 4.68. The van der Waals surface area contributed by atoms with Crippen molar-refractivity contribution in [2.75, 3.05) is 13.2 Å². The Hall–Kier alpha value is -0.280. The monoisotopic (exact) mass is 165 g/mol. The molecular formula is C6H12ClNO2. The van der Waals surface area contributed by atoms with Gasteiger partial charge in [0.2, 0.25) is 5.91 Å². The third kappa shape index (κ3) is 4.58. The average molecular weight is 166 g/mol. The summed E-state index contributed by atoms with van der Waals surface area (Å²) in [5.41, 5.74) is 0. The molecule has 0 saturated heterocycles. The fourth-order valence-corrected chi connectivity index (χ4v) is 0.508. The van der Waals surface area contributed by atoms with E-state index in [4.69, 9.17) is 16.7 Å². The van der Waals surface area contributed by atoms with Gasteiger partial charge in [0.1, 0.15) is 5.38 Å². The smallest absolute Gasteiger partial charge is 0.237 e. The van der Waals surface area contributed by atoms with Crippen molar-refractivity contribution in [1.82, 2.24) is 5.32 Å². The van der Waals surface area contributed by atoms with Gasteiger partial charge in [0.15, 0.2) is 0 Å². The predicted octanol–water partition coefficient (Wildman–Crippen LogP) is 0.112. The molecule has 1 atom stereocenters. The van der Waals surface area contributed by atoms with Crippen LogP contribution >= 0.6 is 11.6 Å². The van der Waals surface area contributed by atoms with Crippen LogP contribution in [0.4, 0.5) is 0 Å². The summed E-state index contributed by atoms with van der Waals surface area (Å²) in [6.07, 6.45) is 0.579. The number of carbonyl (C=O) groups is 1. The summed E-state index contributed by atoms with van der Waals surface area (Å²) in [6, 6.07) is 0. The molecule has 0 aromatic carbocycles. The van der Waals surface area contributed by atoms with E-state index >= 15 is 0 Å². The van der Waals surface area contributed by atoms with Crippen LogP contribution in [0.3, 0.4) is 0 Å². The van der Waals surface area contributed by atoms with E-state index in [0.29, 0.717) is 13.0 Å². The SMILES string of the molecule is C[C@H](Cl)C(=O)NCCCO. The van der Waals surface area contributed by atoms with Crippen molar-refractivity contribution in [2.45, 2.75) is 18.7 Å². The van der Waals surface area contributed by atoms with Crippen molar-refractivity contribution in [1.29, 1.82) is 0 Å². The van der Waals surface area contributed by atoms with E-state index < -0.39 is 5.38 Å². The van der Waals surface area contributed by atoms with E-state index in [9.17, 15) is 4.79 Å². The summed E-state index contributed by atoms with van der Waals surface area (Å²) >= 11 is 5.43. The molecule has 0 unspecified atom stereocenters. The molecule has 0 aliphatic rings. The number of halogens is 1. The predicted molar refractivity (Wildman–Crippen MR) is 40.0 cm³/mol. The Labute approximate surface area is 65.4 Å². The lowest BCUT2D eigenvalue weighted by Crippen LogP contribution is -2.30. The van der Waals surface area contributed by atoms with Crippen LogP contribution in [0.15, 0.2) is 0 Å². The zero-order valence-electron chi connectivity index (χ0n) is 5.93. The van der Waals surface area contributed by atoms with Gasteiger partial charge in [0.05, 0.1) is 0 Å². The van der Waals surface area contributed by atoms with Gasteiger partial charge in [0.25, 0.3) is 0 Å². The zero-order chi connectivity index (χ0) is 7.98. The summed E-state index contributed by atoms with van der Waals surface area (Å²) in [4.78, 5) is 10.7. The van der Waals surface area contributed by atoms with E-state index in [1.54, 1.807) is 6.92 Å². The maximum Gasteiger partial charge on any atom is 0.237 e. The number of nitrogens with one attached hydrogen (secondary N) is 1. The summed E-state index contributed by atoms with van der Waals surface area (Å²) in [5, 5.41) is 10.4. The van der Waals surface area contributed by atoms with Crippen LogP contribution in [0.25, 0.3) is 0 Å². The first-order valence-corrected chi connectivity index (χ1v) is 3.64. The minimum atomic E-state index is -0.487. The molecule has 0 aromatic rings. The Morgan fingerprint density at radius 2 is 2.40 bits per heavy atom. The van der Waals surface area contributed by atoms with Crippen molar-refractivity contribution in [3.05, 3.63) is 0 Å².